The van der Waals surface area contributed by atoms with E-state index in [-0.39, 0.29) is 36.6 Å². The van der Waals surface area contributed by atoms with Gasteiger partial charge in [-0.3, -0.25) is 0 Å². The third kappa shape index (κ3) is 5.98. The first-order valence-electron chi connectivity index (χ1n) is 10.2. The fourth-order valence-corrected chi connectivity index (χ4v) is 4.00. The maximum absolute atomic E-state index is 3.30. The van der Waals surface area contributed by atoms with Crippen molar-refractivity contribution in [1.29, 1.82) is 0 Å². The molecule has 0 aliphatic heterocycles. The van der Waals surface area contributed by atoms with Crippen LogP contribution in [0.25, 0.3) is 22.3 Å². The molecule has 0 spiro atoms. The van der Waals surface area contributed by atoms with Crippen molar-refractivity contribution in [2.45, 2.75) is 25.9 Å². The van der Waals surface area contributed by atoms with E-state index in [1.807, 2.05) is 12.1 Å². The number of benzene rings is 4. The van der Waals surface area contributed by atoms with Crippen LogP contribution in [0, 0.1) is 27.0 Å². The van der Waals surface area contributed by atoms with Crippen molar-refractivity contribution >= 4 is 9.52 Å². The maximum atomic E-state index is 3.30. The van der Waals surface area contributed by atoms with Crippen LogP contribution in [0.15, 0.2) is 84.9 Å². The number of fused-ring (bicyclic) bond motifs is 6. The van der Waals surface area contributed by atoms with E-state index >= 15 is 0 Å². The zero-order chi connectivity index (χ0) is 20.1. The van der Waals surface area contributed by atoms with Gasteiger partial charge >= 0.3 is 21.7 Å². The normalized spacial score (nSPS) is 10.6. The topological polar surface area (TPSA) is 0 Å². The summed E-state index contributed by atoms with van der Waals surface area (Å²) in [5.74, 6) is 0. The quantitative estimate of drug-likeness (QED) is 0.160. The van der Waals surface area contributed by atoms with Crippen molar-refractivity contribution in [1.82, 2.24) is 0 Å². The summed E-state index contributed by atoms with van der Waals surface area (Å²) in [4.78, 5) is 0. The Bertz CT molecular complexity index is 941. The molecule has 0 fully saturated rings. The molecule has 2 heteroatoms. The number of rotatable bonds is 0. The standard InChI is InChI=1S/2C13H9.C2H7Si.2CH3.Ti/c2*1-3-7-12-10(5-1)9-11-6-2-4-8-13(11)12;1-3-2;;;/h2*1-5,7-8H,9H2;3H,1-2H3;2*1H3;/q2*-1;;2*-1;+4. The third-order valence-electron chi connectivity index (χ3n) is 5.23. The Labute approximate surface area is 212 Å². The average molecular weight is 468 g/mol. The zero-order valence-corrected chi connectivity index (χ0v) is 22.3. The second-order valence-corrected chi connectivity index (χ2v) is 8.52. The van der Waals surface area contributed by atoms with E-state index in [9.17, 15) is 0 Å². The van der Waals surface area contributed by atoms with E-state index in [1.54, 1.807) is 0 Å². The van der Waals surface area contributed by atoms with Gasteiger partial charge in [0, 0.05) is 9.52 Å². The van der Waals surface area contributed by atoms with E-state index < -0.39 is 0 Å². The molecule has 0 unspecified atom stereocenters. The van der Waals surface area contributed by atoms with Gasteiger partial charge in [-0.05, 0) is 12.8 Å². The van der Waals surface area contributed by atoms with Gasteiger partial charge in [-0.2, -0.15) is 59.7 Å². The Hall–Kier alpha value is -2.19. The molecular weight excluding hydrogens is 436 g/mol. The largest absolute Gasteiger partial charge is 4.00 e. The molecule has 4 aromatic carbocycles. The van der Waals surface area contributed by atoms with Crippen LogP contribution in [0.5, 0.6) is 0 Å². The molecule has 0 saturated carbocycles. The molecular formula is C30H31SiTi. The summed E-state index contributed by atoms with van der Waals surface area (Å²) in [5.41, 5.74) is 11.0. The number of hydrogen-bond acceptors (Lipinski definition) is 0. The molecule has 4 aromatic rings. The number of hydrogen-bond donors (Lipinski definition) is 0. The molecule has 1 radical (unpaired) electrons. The van der Waals surface area contributed by atoms with Crippen LogP contribution in [0.4, 0.5) is 0 Å². The maximum Gasteiger partial charge on any atom is 4.00 e. The van der Waals surface area contributed by atoms with Gasteiger partial charge in [0.05, 0.1) is 0 Å². The van der Waals surface area contributed by atoms with Crippen LogP contribution in [0.1, 0.15) is 22.3 Å². The minimum atomic E-state index is 0. The second kappa shape index (κ2) is 13.4. The Morgan fingerprint density at radius 2 is 0.906 bits per heavy atom. The molecule has 2 aliphatic carbocycles. The zero-order valence-electron chi connectivity index (χ0n) is 19.6. The first-order valence-corrected chi connectivity index (χ1v) is 12.5. The fourth-order valence-electron chi connectivity index (χ4n) is 4.00. The molecule has 0 aromatic heterocycles. The van der Waals surface area contributed by atoms with Gasteiger partial charge in [0.1, 0.15) is 0 Å². The first-order chi connectivity index (χ1) is 14.3. The smallest absolute Gasteiger partial charge is 0.358 e. The van der Waals surface area contributed by atoms with Gasteiger partial charge in [-0.1, -0.05) is 83.9 Å². The van der Waals surface area contributed by atoms with E-state index in [0.29, 0.717) is 0 Å². The van der Waals surface area contributed by atoms with Crippen molar-refractivity contribution < 1.29 is 21.7 Å². The molecule has 32 heavy (non-hydrogen) atoms. The Balaban J connectivity index is 0.000000264. The van der Waals surface area contributed by atoms with E-state index in [4.69, 9.17) is 0 Å². The second-order valence-electron chi connectivity index (χ2n) is 7.37. The van der Waals surface area contributed by atoms with Gasteiger partial charge in [-0.25, -0.2) is 0 Å². The SMILES string of the molecule is C[SiH]C.[CH3-].[CH3-].[Ti+4].[c-]1cccc2c1Cc1ccccc1-2.[c-]1cccc2c1Cc1ccccc1-2. The van der Waals surface area contributed by atoms with Crippen LogP contribution >= 0.6 is 0 Å². The molecule has 0 N–H and O–H groups in total. The molecule has 0 amide bonds. The van der Waals surface area contributed by atoms with Crippen LogP contribution in [-0.4, -0.2) is 9.52 Å². The minimum absolute atomic E-state index is 0. The van der Waals surface area contributed by atoms with Crippen LogP contribution in [0.3, 0.4) is 0 Å². The van der Waals surface area contributed by atoms with E-state index in [0.717, 1.165) is 22.4 Å². The molecule has 0 bridgehead atoms. The van der Waals surface area contributed by atoms with Gasteiger partial charge in [-0.15, -0.1) is 11.1 Å². The Morgan fingerprint density at radius 1 is 0.562 bits per heavy atom. The van der Waals surface area contributed by atoms with Gasteiger partial charge in [0.15, 0.2) is 0 Å². The van der Waals surface area contributed by atoms with Crippen LogP contribution < -0.4 is 0 Å². The average Bonchev–Trinajstić information content (AvgIpc) is 3.33. The van der Waals surface area contributed by atoms with Crippen molar-refractivity contribution in [2.75, 3.05) is 0 Å². The summed E-state index contributed by atoms with van der Waals surface area (Å²) in [5, 5.41) is 0. The van der Waals surface area contributed by atoms with Gasteiger partial charge in [0.2, 0.25) is 0 Å². The van der Waals surface area contributed by atoms with Crippen LogP contribution in [-0.2, 0) is 34.6 Å². The van der Waals surface area contributed by atoms with Gasteiger partial charge in [0.25, 0.3) is 0 Å². The molecule has 0 heterocycles. The summed E-state index contributed by atoms with van der Waals surface area (Å²) in [6.07, 6.45) is 2.10. The van der Waals surface area contributed by atoms with Crippen LogP contribution in [0.2, 0.25) is 13.1 Å². The van der Waals surface area contributed by atoms with Crippen molar-refractivity contribution in [2.24, 2.45) is 0 Å². The predicted molar refractivity (Wildman–Crippen MR) is 139 cm³/mol. The first kappa shape index (κ1) is 27.8. The monoisotopic (exact) mass is 467 g/mol. The molecule has 0 saturated heterocycles. The summed E-state index contributed by atoms with van der Waals surface area (Å²) in [6.45, 7) is 4.42. The minimum Gasteiger partial charge on any atom is -0.358 e. The molecule has 2 aliphatic rings. The molecule has 159 valence electrons. The third-order valence-corrected chi connectivity index (χ3v) is 5.23. The van der Waals surface area contributed by atoms with E-state index in [1.165, 1.54) is 44.5 Å². The van der Waals surface area contributed by atoms with Gasteiger partial charge < -0.3 is 14.9 Å². The fraction of sp³-hybridized carbons (Fsp3) is 0.133. The van der Waals surface area contributed by atoms with Crippen molar-refractivity contribution in [3.05, 3.63) is 134 Å². The van der Waals surface area contributed by atoms with Crippen molar-refractivity contribution in [3.63, 3.8) is 0 Å². The van der Waals surface area contributed by atoms with E-state index in [2.05, 4.69) is 98.0 Å². The molecule has 0 nitrogen and oxygen atoms in total. The van der Waals surface area contributed by atoms with Crippen molar-refractivity contribution in [3.8, 4) is 22.3 Å². The Kier molecular flexibility index (Phi) is 11.6. The Morgan fingerprint density at radius 3 is 1.31 bits per heavy atom. The predicted octanol–water partition coefficient (Wildman–Crippen LogP) is 7.53. The summed E-state index contributed by atoms with van der Waals surface area (Å²) >= 11 is 0. The summed E-state index contributed by atoms with van der Waals surface area (Å²) in [6, 6.07) is 36.2. The molecule has 6 rings (SSSR count). The summed E-state index contributed by atoms with van der Waals surface area (Å²) < 4.78 is 0. The summed E-state index contributed by atoms with van der Waals surface area (Å²) in [7, 11) is 0.750. The molecule has 0 atom stereocenters.